The van der Waals surface area contributed by atoms with Crippen molar-refractivity contribution in [1.29, 1.82) is 0 Å². The first-order valence-corrected chi connectivity index (χ1v) is 10.2. The van der Waals surface area contributed by atoms with Crippen LogP contribution >= 0.6 is 0 Å². The quantitative estimate of drug-likeness (QED) is 0.419. The number of nitrogens with zero attached hydrogens (tertiary/aromatic N) is 1. The Morgan fingerprint density at radius 3 is 2.23 bits per heavy atom. The van der Waals surface area contributed by atoms with E-state index < -0.39 is 5.82 Å². The molecule has 4 aromatic rings. The second kappa shape index (κ2) is 9.39. The maximum Gasteiger partial charge on any atom is 0.257 e. The summed E-state index contributed by atoms with van der Waals surface area (Å²) in [6, 6.07) is 26.4. The van der Waals surface area contributed by atoms with Crippen molar-refractivity contribution in [3.63, 3.8) is 0 Å². The third-order valence-corrected chi connectivity index (χ3v) is 5.30. The number of amides is 1. The molecule has 0 saturated carbocycles. The molecule has 0 atom stereocenters. The SMILES string of the molecule is Cc1noc(-c2cccc(F)c2)c1C(=O)NCCC(c1ccccc1)c1ccccc1. The number of hydrogen-bond acceptors (Lipinski definition) is 3. The van der Waals surface area contributed by atoms with Gasteiger partial charge in [0.15, 0.2) is 5.76 Å². The highest BCUT2D eigenvalue weighted by Crippen LogP contribution is 2.29. The number of hydrogen-bond donors (Lipinski definition) is 1. The number of carbonyl (C=O) groups is 1. The van der Waals surface area contributed by atoms with Crippen molar-refractivity contribution in [2.45, 2.75) is 19.3 Å². The predicted octanol–water partition coefficient (Wildman–Crippen LogP) is 5.74. The largest absolute Gasteiger partial charge is 0.355 e. The van der Waals surface area contributed by atoms with Crippen LogP contribution in [0.15, 0.2) is 89.5 Å². The van der Waals surface area contributed by atoms with Crippen LogP contribution < -0.4 is 5.32 Å². The lowest BCUT2D eigenvalue weighted by Gasteiger charge is -2.18. The van der Waals surface area contributed by atoms with Crippen molar-refractivity contribution in [2.24, 2.45) is 0 Å². The Kier molecular flexibility index (Phi) is 6.22. The van der Waals surface area contributed by atoms with E-state index in [1.54, 1.807) is 19.1 Å². The molecule has 5 heteroatoms. The number of benzene rings is 3. The highest BCUT2D eigenvalue weighted by atomic mass is 19.1. The van der Waals surface area contributed by atoms with E-state index in [9.17, 15) is 9.18 Å². The summed E-state index contributed by atoms with van der Waals surface area (Å²) in [5.74, 6) is -0.240. The second-order valence-corrected chi connectivity index (χ2v) is 7.40. The molecule has 3 aromatic carbocycles. The summed E-state index contributed by atoms with van der Waals surface area (Å²) in [7, 11) is 0. The summed E-state index contributed by atoms with van der Waals surface area (Å²) in [5.41, 5.74) is 3.69. The van der Waals surface area contributed by atoms with Gasteiger partial charge in [-0.1, -0.05) is 78.0 Å². The van der Waals surface area contributed by atoms with E-state index in [1.807, 2.05) is 36.4 Å². The van der Waals surface area contributed by atoms with E-state index in [4.69, 9.17) is 4.52 Å². The molecular formula is C26H23FN2O2. The molecule has 0 bridgehead atoms. The van der Waals surface area contributed by atoms with Crippen LogP contribution in [-0.2, 0) is 0 Å². The van der Waals surface area contributed by atoms with Crippen molar-refractivity contribution in [2.75, 3.05) is 6.54 Å². The molecule has 1 heterocycles. The van der Waals surface area contributed by atoms with Crippen molar-refractivity contribution < 1.29 is 13.7 Å². The summed E-state index contributed by atoms with van der Waals surface area (Å²) >= 11 is 0. The average Bonchev–Trinajstić information content (AvgIpc) is 3.19. The number of nitrogens with one attached hydrogen (secondary N) is 1. The van der Waals surface area contributed by atoms with Crippen LogP contribution in [0.25, 0.3) is 11.3 Å². The molecule has 0 unspecified atom stereocenters. The Bertz CT molecular complexity index is 1120. The standard InChI is InChI=1S/C26H23FN2O2/c1-18-24(25(31-29-18)21-13-8-14-22(27)17-21)26(30)28-16-15-23(19-9-4-2-5-10-19)20-11-6-3-7-12-20/h2-14,17,23H,15-16H2,1H3,(H,28,30). The molecule has 1 N–H and O–H groups in total. The minimum Gasteiger partial charge on any atom is -0.355 e. The maximum atomic E-state index is 13.6. The van der Waals surface area contributed by atoms with Crippen LogP contribution in [-0.4, -0.2) is 17.6 Å². The fourth-order valence-corrected chi connectivity index (χ4v) is 3.78. The molecule has 0 radical (unpaired) electrons. The fraction of sp³-hybridized carbons (Fsp3) is 0.154. The van der Waals surface area contributed by atoms with E-state index in [2.05, 4.69) is 34.7 Å². The lowest BCUT2D eigenvalue weighted by atomic mass is 9.88. The van der Waals surface area contributed by atoms with Gasteiger partial charge in [0, 0.05) is 18.0 Å². The van der Waals surface area contributed by atoms with Gasteiger partial charge in [0.1, 0.15) is 11.4 Å². The highest BCUT2D eigenvalue weighted by molar-refractivity contribution is 6.00. The van der Waals surface area contributed by atoms with Gasteiger partial charge in [0.25, 0.3) is 5.91 Å². The van der Waals surface area contributed by atoms with Crippen LogP contribution in [0.5, 0.6) is 0 Å². The topological polar surface area (TPSA) is 55.1 Å². The Balaban J connectivity index is 1.51. The molecule has 0 aliphatic rings. The first-order valence-electron chi connectivity index (χ1n) is 10.2. The number of aromatic nitrogens is 1. The van der Waals surface area contributed by atoms with Gasteiger partial charge in [-0.15, -0.1) is 0 Å². The summed E-state index contributed by atoms with van der Waals surface area (Å²) < 4.78 is 19.0. The summed E-state index contributed by atoms with van der Waals surface area (Å²) in [4.78, 5) is 13.0. The third-order valence-electron chi connectivity index (χ3n) is 5.30. The molecule has 156 valence electrons. The molecule has 0 aliphatic carbocycles. The van der Waals surface area contributed by atoms with Crippen molar-refractivity contribution in [1.82, 2.24) is 10.5 Å². The Labute approximate surface area is 180 Å². The molecule has 1 aromatic heterocycles. The fourth-order valence-electron chi connectivity index (χ4n) is 3.78. The maximum absolute atomic E-state index is 13.6. The Morgan fingerprint density at radius 1 is 0.968 bits per heavy atom. The minimum atomic E-state index is -0.397. The van der Waals surface area contributed by atoms with Crippen molar-refractivity contribution >= 4 is 5.91 Å². The van der Waals surface area contributed by atoms with Gasteiger partial charge in [0.2, 0.25) is 0 Å². The van der Waals surface area contributed by atoms with Crippen LogP contribution in [0.4, 0.5) is 4.39 Å². The van der Waals surface area contributed by atoms with Gasteiger partial charge in [0.05, 0.1) is 5.69 Å². The molecule has 0 spiro atoms. The van der Waals surface area contributed by atoms with E-state index in [0.29, 0.717) is 23.4 Å². The summed E-state index contributed by atoms with van der Waals surface area (Å²) in [6.45, 7) is 2.18. The lowest BCUT2D eigenvalue weighted by molar-refractivity contribution is 0.0952. The monoisotopic (exact) mass is 414 g/mol. The van der Waals surface area contributed by atoms with Gasteiger partial charge >= 0.3 is 0 Å². The van der Waals surface area contributed by atoms with E-state index in [1.165, 1.54) is 23.3 Å². The van der Waals surface area contributed by atoms with E-state index in [0.717, 1.165) is 6.42 Å². The number of carbonyl (C=O) groups excluding carboxylic acids is 1. The van der Waals surface area contributed by atoms with Gasteiger partial charge in [-0.3, -0.25) is 4.79 Å². The van der Waals surface area contributed by atoms with Gasteiger partial charge in [-0.25, -0.2) is 4.39 Å². The van der Waals surface area contributed by atoms with Gasteiger partial charge in [-0.2, -0.15) is 0 Å². The van der Waals surface area contributed by atoms with Crippen LogP contribution in [0.1, 0.15) is 39.5 Å². The van der Waals surface area contributed by atoms with Crippen LogP contribution in [0, 0.1) is 12.7 Å². The molecule has 0 saturated heterocycles. The number of halogens is 1. The van der Waals surface area contributed by atoms with Crippen LogP contribution in [0.3, 0.4) is 0 Å². The molecule has 0 aliphatic heterocycles. The third kappa shape index (κ3) is 4.72. The van der Waals surface area contributed by atoms with Gasteiger partial charge < -0.3 is 9.84 Å². The van der Waals surface area contributed by atoms with E-state index >= 15 is 0 Å². The zero-order valence-electron chi connectivity index (χ0n) is 17.2. The molecule has 0 fully saturated rings. The smallest absolute Gasteiger partial charge is 0.257 e. The minimum absolute atomic E-state index is 0.161. The van der Waals surface area contributed by atoms with Gasteiger partial charge in [-0.05, 0) is 36.6 Å². The number of aryl methyl sites for hydroxylation is 1. The van der Waals surface area contributed by atoms with Crippen LogP contribution in [0.2, 0.25) is 0 Å². The first kappa shape index (κ1) is 20.5. The molecular weight excluding hydrogens is 391 g/mol. The zero-order valence-corrected chi connectivity index (χ0v) is 17.2. The molecule has 31 heavy (non-hydrogen) atoms. The first-order chi connectivity index (χ1) is 15.1. The zero-order chi connectivity index (χ0) is 21.6. The predicted molar refractivity (Wildman–Crippen MR) is 118 cm³/mol. The van der Waals surface area contributed by atoms with Crippen molar-refractivity contribution in [3.05, 3.63) is 113 Å². The van der Waals surface area contributed by atoms with E-state index in [-0.39, 0.29) is 17.6 Å². The Hall–Kier alpha value is -3.73. The lowest BCUT2D eigenvalue weighted by Crippen LogP contribution is -2.26. The van der Waals surface area contributed by atoms with Crippen molar-refractivity contribution in [3.8, 4) is 11.3 Å². The second-order valence-electron chi connectivity index (χ2n) is 7.40. The average molecular weight is 414 g/mol. The number of rotatable bonds is 7. The normalized spacial score (nSPS) is 10.9. The highest BCUT2D eigenvalue weighted by Gasteiger charge is 2.22. The Morgan fingerprint density at radius 2 is 1.61 bits per heavy atom. The summed E-state index contributed by atoms with van der Waals surface area (Å²) in [6.07, 6.45) is 0.736. The molecule has 4 rings (SSSR count). The molecule has 4 nitrogen and oxygen atoms in total. The summed E-state index contributed by atoms with van der Waals surface area (Å²) in [5, 5.41) is 6.91. The molecule has 1 amide bonds.